The van der Waals surface area contributed by atoms with Crippen LogP contribution in [0.15, 0.2) is 72.7 Å². The minimum absolute atomic E-state index is 0.590. The van der Waals surface area contributed by atoms with Crippen molar-refractivity contribution in [2.45, 2.75) is 26.3 Å². The van der Waals surface area contributed by atoms with Crippen molar-refractivity contribution >= 4 is 11.2 Å². The molecule has 1 atom stereocenters. The van der Waals surface area contributed by atoms with Gasteiger partial charge >= 0.3 is 0 Å². The van der Waals surface area contributed by atoms with Crippen LogP contribution in [0.5, 0.6) is 5.75 Å². The number of pyridine rings is 1. The molecule has 0 saturated carbocycles. The molecule has 2 heterocycles. The van der Waals surface area contributed by atoms with Crippen LogP contribution >= 0.6 is 0 Å². The van der Waals surface area contributed by atoms with Gasteiger partial charge in [-0.1, -0.05) is 37.3 Å². The van der Waals surface area contributed by atoms with E-state index < -0.39 is 0 Å². The highest BCUT2D eigenvalue weighted by Crippen LogP contribution is 2.20. The Kier molecular flexibility index (Phi) is 4.82. The SMILES string of the molecule is CC1C=CC(Cc2ccc(OCCn3cnc4cccnc43)cc2)=CC1. The second-order valence-electron chi connectivity index (χ2n) is 6.80. The van der Waals surface area contributed by atoms with Gasteiger partial charge in [-0.3, -0.25) is 0 Å². The number of fused-ring (bicyclic) bond motifs is 1. The smallest absolute Gasteiger partial charge is 0.159 e. The van der Waals surface area contributed by atoms with Crippen LogP contribution in [0.3, 0.4) is 0 Å². The Bertz CT molecular complexity index is 937. The Labute approximate surface area is 153 Å². The van der Waals surface area contributed by atoms with Crippen molar-refractivity contribution in [3.63, 3.8) is 0 Å². The summed E-state index contributed by atoms with van der Waals surface area (Å²) < 4.78 is 7.90. The first-order valence-electron chi connectivity index (χ1n) is 9.13. The molecule has 4 rings (SSSR count). The number of imidazole rings is 1. The summed E-state index contributed by atoms with van der Waals surface area (Å²) in [5.41, 5.74) is 4.52. The van der Waals surface area contributed by atoms with Gasteiger partial charge in [-0.05, 0) is 54.2 Å². The molecule has 1 unspecified atom stereocenters. The zero-order chi connectivity index (χ0) is 17.8. The van der Waals surface area contributed by atoms with E-state index in [1.807, 2.05) is 23.0 Å². The Hall–Kier alpha value is -2.88. The monoisotopic (exact) mass is 345 g/mol. The average molecular weight is 345 g/mol. The van der Waals surface area contributed by atoms with Crippen molar-refractivity contribution in [3.8, 4) is 5.75 Å². The number of aromatic nitrogens is 3. The lowest BCUT2D eigenvalue weighted by Gasteiger charge is -2.12. The van der Waals surface area contributed by atoms with Gasteiger partial charge in [0.25, 0.3) is 0 Å². The normalized spacial score (nSPS) is 16.7. The third-order valence-electron chi connectivity index (χ3n) is 4.70. The van der Waals surface area contributed by atoms with Crippen molar-refractivity contribution in [1.82, 2.24) is 14.5 Å². The summed E-state index contributed by atoms with van der Waals surface area (Å²) in [7, 11) is 0. The molecule has 26 heavy (non-hydrogen) atoms. The van der Waals surface area contributed by atoms with Gasteiger partial charge in [0.1, 0.15) is 17.9 Å². The molecule has 0 N–H and O–H groups in total. The zero-order valence-corrected chi connectivity index (χ0v) is 15.0. The number of hydrogen-bond acceptors (Lipinski definition) is 3. The Morgan fingerprint density at radius 1 is 1.15 bits per heavy atom. The lowest BCUT2D eigenvalue weighted by atomic mass is 9.95. The van der Waals surface area contributed by atoms with E-state index in [1.54, 1.807) is 6.20 Å². The first kappa shape index (κ1) is 16.6. The van der Waals surface area contributed by atoms with Crippen LogP contribution in [-0.4, -0.2) is 21.1 Å². The number of rotatable bonds is 6. The highest BCUT2D eigenvalue weighted by molar-refractivity contribution is 5.69. The molecular formula is C22H23N3O. The van der Waals surface area contributed by atoms with Crippen LogP contribution in [0.4, 0.5) is 0 Å². The molecule has 0 spiro atoms. The van der Waals surface area contributed by atoms with Crippen LogP contribution in [-0.2, 0) is 13.0 Å². The van der Waals surface area contributed by atoms with Crippen molar-refractivity contribution in [2.75, 3.05) is 6.61 Å². The molecular weight excluding hydrogens is 322 g/mol. The van der Waals surface area contributed by atoms with Crippen molar-refractivity contribution in [3.05, 3.63) is 78.3 Å². The number of ether oxygens (including phenoxy) is 1. The van der Waals surface area contributed by atoms with E-state index >= 15 is 0 Å². The van der Waals surface area contributed by atoms with Crippen molar-refractivity contribution < 1.29 is 4.74 Å². The largest absolute Gasteiger partial charge is 0.492 e. The van der Waals surface area contributed by atoms with Gasteiger partial charge in [-0.2, -0.15) is 0 Å². The molecule has 3 aromatic rings. The maximum atomic E-state index is 5.88. The predicted molar refractivity (Wildman–Crippen MR) is 104 cm³/mol. The second-order valence-corrected chi connectivity index (χ2v) is 6.80. The van der Waals surface area contributed by atoms with E-state index in [-0.39, 0.29) is 0 Å². The van der Waals surface area contributed by atoms with Crippen LogP contribution in [0, 0.1) is 5.92 Å². The molecule has 0 fully saturated rings. The summed E-state index contributed by atoms with van der Waals surface area (Å²) in [6.07, 6.45) is 12.6. The second kappa shape index (κ2) is 7.56. The molecule has 0 aliphatic heterocycles. The summed E-state index contributed by atoms with van der Waals surface area (Å²) in [5, 5.41) is 0. The minimum atomic E-state index is 0.590. The molecule has 1 aromatic carbocycles. The third-order valence-corrected chi connectivity index (χ3v) is 4.70. The van der Waals surface area contributed by atoms with Crippen LogP contribution in [0.25, 0.3) is 11.2 Å². The van der Waals surface area contributed by atoms with Gasteiger partial charge in [0.05, 0.1) is 12.9 Å². The van der Waals surface area contributed by atoms with E-state index in [2.05, 4.69) is 59.4 Å². The standard InChI is InChI=1S/C22H23N3O/c1-17-4-6-18(7-5-17)15-19-8-10-20(11-9-19)26-14-13-25-16-24-21-3-2-12-23-22(21)25/h2-4,6-12,16-17H,5,13-15H2,1H3. The first-order valence-corrected chi connectivity index (χ1v) is 9.13. The first-order chi connectivity index (χ1) is 12.8. The summed E-state index contributed by atoms with van der Waals surface area (Å²) in [6.45, 7) is 3.57. The number of benzene rings is 1. The third kappa shape index (κ3) is 3.85. The minimum Gasteiger partial charge on any atom is -0.492 e. The Balaban J connectivity index is 1.31. The molecule has 0 bridgehead atoms. The fraction of sp³-hybridized carbons (Fsp3) is 0.273. The van der Waals surface area contributed by atoms with Crippen LogP contribution in [0.2, 0.25) is 0 Å². The number of hydrogen-bond donors (Lipinski definition) is 0. The summed E-state index contributed by atoms with van der Waals surface area (Å²) in [5.74, 6) is 1.56. The molecule has 0 amide bonds. The predicted octanol–water partition coefficient (Wildman–Crippen LogP) is 4.58. The van der Waals surface area contributed by atoms with E-state index in [1.165, 1.54) is 11.1 Å². The molecule has 2 aromatic heterocycles. The van der Waals surface area contributed by atoms with E-state index in [0.29, 0.717) is 12.5 Å². The molecule has 1 aliphatic rings. The van der Waals surface area contributed by atoms with Gasteiger partial charge in [0.15, 0.2) is 5.65 Å². The molecule has 4 heteroatoms. The zero-order valence-electron chi connectivity index (χ0n) is 15.0. The quantitative estimate of drug-likeness (QED) is 0.657. The number of allylic oxidation sites excluding steroid dienone is 4. The topological polar surface area (TPSA) is 39.9 Å². The lowest BCUT2D eigenvalue weighted by Crippen LogP contribution is -2.07. The van der Waals surface area contributed by atoms with E-state index in [9.17, 15) is 0 Å². The summed E-state index contributed by atoms with van der Waals surface area (Å²) >= 11 is 0. The Morgan fingerprint density at radius 2 is 2.04 bits per heavy atom. The highest BCUT2D eigenvalue weighted by atomic mass is 16.5. The average Bonchev–Trinajstić information content (AvgIpc) is 3.08. The molecule has 0 saturated heterocycles. The molecule has 132 valence electrons. The molecule has 1 aliphatic carbocycles. The fourth-order valence-electron chi connectivity index (χ4n) is 3.16. The van der Waals surface area contributed by atoms with E-state index in [0.717, 1.165) is 36.3 Å². The van der Waals surface area contributed by atoms with Crippen LogP contribution < -0.4 is 4.74 Å². The lowest BCUT2D eigenvalue weighted by molar-refractivity contribution is 0.300. The van der Waals surface area contributed by atoms with Gasteiger partial charge in [0.2, 0.25) is 0 Å². The maximum absolute atomic E-state index is 5.88. The summed E-state index contributed by atoms with van der Waals surface area (Å²) in [6, 6.07) is 12.3. The van der Waals surface area contributed by atoms with Crippen LogP contribution in [0.1, 0.15) is 18.9 Å². The Morgan fingerprint density at radius 3 is 2.85 bits per heavy atom. The van der Waals surface area contributed by atoms with Gasteiger partial charge in [-0.15, -0.1) is 0 Å². The van der Waals surface area contributed by atoms with Crippen molar-refractivity contribution in [1.29, 1.82) is 0 Å². The number of nitrogens with zero attached hydrogens (tertiary/aromatic N) is 3. The van der Waals surface area contributed by atoms with Crippen molar-refractivity contribution in [2.24, 2.45) is 5.92 Å². The molecule has 4 nitrogen and oxygen atoms in total. The van der Waals surface area contributed by atoms with Gasteiger partial charge < -0.3 is 9.30 Å². The maximum Gasteiger partial charge on any atom is 0.159 e. The summed E-state index contributed by atoms with van der Waals surface area (Å²) in [4.78, 5) is 8.72. The van der Waals surface area contributed by atoms with Gasteiger partial charge in [0, 0.05) is 6.20 Å². The van der Waals surface area contributed by atoms with Gasteiger partial charge in [-0.25, -0.2) is 9.97 Å². The molecule has 0 radical (unpaired) electrons. The fourth-order valence-corrected chi connectivity index (χ4v) is 3.16. The highest BCUT2D eigenvalue weighted by Gasteiger charge is 2.05. The van der Waals surface area contributed by atoms with E-state index in [4.69, 9.17) is 4.74 Å².